The molecule has 1 aromatic heterocycles. The number of fused-ring (bicyclic) bond motifs is 4. The maximum atomic E-state index is 13.3. The fourth-order valence-electron chi connectivity index (χ4n) is 8.57. The van der Waals surface area contributed by atoms with Crippen LogP contribution in [0.3, 0.4) is 0 Å². The Morgan fingerprint density at radius 1 is 0.976 bits per heavy atom. The van der Waals surface area contributed by atoms with E-state index in [9.17, 15) is 14.4 Å². The summed E-state index contributed by atoms with van der Waals surface area (Å²) >= 11 is 0. The Hall–Kier alpha value is -3.53. The Morgan fingerprint density at radius 3 is 2.48 bits per heavy atom. The van der Waals surface area contributed by atoms with Gasteiger partial charge in [0.05, 0.1) is 13.2 Å². The monoisotopic (exact) mass is 570 g/mol. The van der Waals surface area contributed by atoms with Crippen LogP contribution < -0.4 is 15.0 Å². The molecule has 8 rings (SSSR count). The first-order chi connectivity index (χ1) is 20.4. The average molecular weight is 571 g/mol. The maximum absolute atomic E-state index is 13.3. The molecule has 5 aliphatic heterocycles. The Bertz CT molecular complexity index is 1420. The van der Waals surface area contributed by atoms with Crippen molar-refractivity contribution in [1.82, 2.24) is 25.1 Å². The second kappa shape index (κ2) is 9.76. The number of likely N-dealkylation sites (tertiary alicyclic amines) is 1. The van der Waals surface area contributed by atoms with Crippen molar-refractivity contribution in [3.8, 4) is 5.75 Å². The van der Waals surface area contributed by atoms with E-state index in [0.29, 0.717) is 30.6 Å². The zero-order valence-corrected chi connectivity index (χ0v) is 24.0. The molecular formula is C32H38N6O4. The molecule has 220 valence electrons. The SMILES string of the molecule is O=C1CCC(N2Cc3c(ccc4c3OCC43CCN(CC4CCC5(CC4)CN(c4ncccn4)C5)CC3)C2=O)C(=O)N1. The normalized spacial score (nSPS) is 26.7. The molecule has 4 fully saturated rings. The van der Waals surface area contributed by atoms with E-state index >= 15 is 0 Å². The lowest BCUT2D eigenvalue weighted by molar-refractivity contribution is -0.136. The van der Waals surface area contributed by atoms with E-state index in [4.69, 9.17) is 4.74 Å². The quantitative estimate of drug-likeness (QED) is 0.560. The topological polar surface area (TPSA) is 108 Å². The van der Waals surface area contributed by atoms with Crippen LogP contribution in [0.1, 0.15) is 72.9 Å². The molecule has 1 N–H and O–H groups in total. The van der Waals surface area contributed by atoms with Gasteiger partial charge in [-0.05, 0) is 76.1 Å². The van der Waals surface area contributed by atoms with Crippen LogP contribution in [0.4, 0.5) is 5.95 Å². The number of imide groups is 1. The van der Waals surface area contributed by atoms with Crippen LogP contribution in [0.25, 0.3) is 0 Å². The first-order valence-corrected chi connectivity index (χ1v) is 15.6. The van der Waals surface area contributed by atoms with Gasteiger partial charge < -0.3 is 19.4 Å². The second-order valence-electron chi connectivity index (χ2n) is 13.6. The number of nitrogens with one attached hydrogen (secondary N) is 1. The largest absolute Gasteiger partial charge is 0.492 e. The third-order valence-electron chi connectivity index (χ3n) is 11.1. The Balaban J connectivity index is 0.871. The van der Waals surface area contributed by atoms with Crippen molar-refractivity contribution in [2.24, 2.45) is 11.3 Å². The van der Waals surface area contributed by atoms with Crippen LogP contribution >= 0.6 is 0 Å². The highest BCUT2D eigenvalue weighted by Crippen LogP contribution is 2.50. The summed E-state index contributed by atoms with van der Waals surface area (Å²) in [6.07, 6.45) is 11.6. The fraction of sp³-hybridized carbons (Fsp3) is 0.594. The standard InChI is InChI=1S/C32H38N6O4/c39-26-5-4-25(28(40)35-26)38-17-23-22(29(38)41)2-3-24-27(23)42-20-32(24)10-14-36(15-11-32)16-21-6-8-31(9-7-21)18-37(19-31)30-33-12-1-13-34-30/h1-3,12-13,21,25H,4-11,14-20H2,(H,35,39,40). The Morgan fingerprint density at radius 2 is 1.74 bits per heavy atom. The molecule has 6 aliphatic rings. The smallest absolute Gasteiger partial charge is 0.255 e. The van der Waals surface area contributed by atoms with E-state index in [-0.39, 0.29) is 29.6 Å². The van der Waals surface area contributed by atoms with Crippen LogP contribution in [0.2, 0.25) is 0 Å². The number of aromatic nitrogens is 2. The highest BCUT2D eigenvalue weighted by atomic mass is 16.5. The summed E-state index contributed by atoms with van der Waals surface area (Å²) in [7, 11) is 0. The number of benzene rings is 1. The molecule has 0 bridgehead atoms. The van der Waals surface area contributed by atoms with E-state index in [1.165, 1.54) is 37.8 Å². The van der Waals surface area contributed by atoms with Crippen molar-refractivity contribution in [3.63, 3.8) is 0 Å². The summed E-state index contributed by atoms with van der Waals surface area (Å²) in [5.74, 6) is 1.71. The van der Waals surface area contributed by atoms with Crippen LogP contribution in [0.5, 0.6) is 5.75 Å². The van der Waals surface area contributed by atoms with Crippen LogP contribution in [-0.2, 0) is 21.5 Å². The number of hydrogen-bond donors (Lipinski definition) is 1. The molecule has 1 aliphatic carbocycles. The first-order valence-electron chi connectivity index (χ1n) is 15.6. The van der Waals surface area contributed by atoms with Crippen molar-refractivity contribution in [2.75, 3.05) is 44.2 Å². The van der Waals surface area contributed by atoms with Crippen molar-refractivity contribution in [1.29, 1.82) is 0 Å². The maximum Gasteiger partial charge on any atom is 0.255 e. The van der Waals surface area contributed by atoms with Crippen molar-refractivity contribution >= 4 is 23.7 Å². The van der Waals surface area contributed by atoms with E-state index in [1.807, 2.05) is 24.5 Å². The molecule has 3 saturated heterocycles. The number of rotatable bonds is 4. The van der Waals surface area contributed by atoms with Gasteiger partial charge >= 0.3 is 0 Å². The van der Waals surface area contributed by atoms with E-state index < -0.39 is 6.04 Å². The highest BCUT2D eigenvalue weighted by molar-refractivity contribution is 6.05. The fourth-order valence-corrected chi connectivity index (χ4v) is 8.57. The number of anilines is 1. The third kappa shape index (κ3) is 4.20. The molecule has 10 nitrogen and oxygen atoms in total. The zero-order valence-electron chi connectivity index (χ0n) is 24.0. The third-order valence-corrected chi connectivity index (χ3v) is 11.1. The molecule has 6 heterocycles. The highest BCUT2D eigenvalue weighted by Gasteiger charge is 2.49. The minimum Gasteiger partial charge on any atom is -0.492 e. The lowest BCUT2D eigenvalue weighted by Crippen LogP contribution is -2.58. The second-order valence-corrected chi connectivity index (χ2v) is 13.6. The number of carbonyl (C=O) groups excluding carboxylic acids is 3. The Kier molecular flexibility index (Phi) is 6.07. The van der Waals surface area contributed by atoms with Crippen LogP contribution in [0.15, 0.2) is 30.6 Å². The summed E-state index contributed by atoms with van der Waals surface area (Å²) in [5, 5.41) is 2.39. The number of hydrogen-bond acceptors (Lipinski definition) is 8. The van der Waals surface area contributed by atoms with Gasteiger partial charge in [-0.3, -0.25) is 19.7 Å². The predicted molar refractivity (Wildman–Crippen MR) is 154 cm³/mol. The molecule has 0 radical (unpaired) electrons. The summed E-state index contributed by atoms with van der Waals surface area (Å²) in [6, 6.07) is 5.31. The summed E-state index contributed by atoms with van der Waals surface area (Å²) in [6.45, 7) is 6.54. The van der Waals surface area contributed by atoms with Gasteiger partial charge in [0.15, 0.2) is 0 Å². The number of nitrogens with zero attached hydrogens (tertiary/aromatic N) is 5. The van der Waals surface area contributed by atoms with Gasteiger partial charge in [-0.1, -0.05) is 6.07 Å². The summed E-state index contributed by atoms with van der Waals surface area (Å²) < 4.78 is 6.37. The lowest BCUT2D eigenvalue weighted by Gasteiger charge is -2.54. The van der Waals surface area contributed by atoms with Crippen molar-refractivity contribution in [3.05, 3.63) is 47.3 Å². The first kappa shape index (κ1) is 26.1. The molecule has 2 aromatic rings. The molecule has 1 atom stereocenters. The van der Waals surface area contributed by atoms with Gasteiger partial charge in [0.2, 0.25) is 17.8 Å². The van der Waals surface area contributed by atoms with Crippen molar-refractivity contribution in [2.45, 2.75) is 69.4 Å². The van der Waals surface area contributed by atoms with Crippen LogP contribution in [-0.4, -0.2) is 82.9 Å². The van der Waals surface area contributed by atoms with Gasteiger partial charge in [-0.25, -0.2) is 9.97 Å². The summed E-state index contributed by atoms with van der Waals surface area (Å²) in [5.41, 5.74) is 3.23. The Labute approximate surface area is 245 Å². The van der Waals surface area contributed by atoms with Gasteiger partial charge in [-0.15, -0.1) is 0 Å². The molecule has 42 heavy (non-hydrogen) atoms. The molecule has 1 saturated carbocycles. The van der Waals surface area contributed by atoms with E-state index in [0.717, 1.165) is 62.2 Å². The average Bonchev–Trinajstić information content (AvgIpc) is 3.52. The van der Waals surface area contributed by atoms with E-state index in [1.54, 1.807) is 4.90 Å². The van der Waals surface area contributed by atoms with Crippen molar-refractivity contribution < 1.29 is 19.1 Å². The minimum atomic E-state index is -0.604. The lowest BCUT2D eigenvalue weighted by atomic mass is 9.66. The number of piperidine rings is 2. The minimum absolute atomic E-state index is 0.00250. The molecule has 2 spiro atoms. The van der Waals surface area contributed by atoms with Crippen LogP contribution in [0, 0.1) is 11.3 Å². The zero-order chi connectivity index (χ0) is 28.5. The number of ether oxygens (including phenoxy) is 1. The number of amides is 3. The van der Waals surface area contributed by atoms with E-state index in [2.05, 4.69) is 31.2 Å². The van der Waals surface area contributed by atoms with Gasteiger partial charge in [-0.2, -0.15) is 0 Å². The predicted octanol–water partition coefficient (Wildman–Crippen LogP) is 2.66. The molecule has 10 heteroatoms. The molecule has 1 unspecified atom stereocenters. The summed E-state index contributed by atoms with van der Waals surface area (Å²) in [4.78, 5) is 52.8. The van der Waals surface area contributed by atoms with Gasteiger partial charge in [0, 0.05) is 66.0 Å². The van der Waals surface area contributed by atoms with Gasteiger partial charge in [0.1, 0.15) is 11.8 Å². The molecule has 1 aromatic carbocycles. The molecular weight excluding hydrogens is 532 g/mol. The number of carbonyl (C=O) groups is 3. The molecule has 3 amide bonds. The van der Waals surface area contributed by atoms with Gasteiger partial charge in [0.25, 0.3) is 5.91 Å².